The summed E-state index contributed by atoms with van der Waals surface area (Å²) in [7, 11) is 0. The topological polar surface area (TPSA) is 123 Å². The maximum atomic E-state index is 12.2. The fourth-order valence-electron chi connectivity index (χ4n) is 2.72. The number of ether oxygens (including phenoxy) is 2. The third-order valence-corrected chi connectivity index (χ3v) is 5.11. The van der Waals surface area contributed by atoms with Gasteiger partial charge in [0.2, 0.25) is 0 Å². The predicted octanol–water partition coefficient (Wildman–Crippen LogP) is 3.11. The van der Waals surface area contributed by atoms with Crippen LogP contribution in [-0.2, 0) is 14.4 Å². The fraction of sp³-hybridized carbons (Fsp3) is 0.143. The van der Waals surface area contributed by atoms with Crippen molar-refractivity contribution in [3.05, 3.63) is 56.1 Å². The van der Waals surface area contributed by atoms with Gasteiger partial charge in [-0.15, -0.1) is 0 Å². The van der Waals surface area contributed by atoms with Crippen LogP contribution in [0.25, 0.3) is 6.08 Å². The third-order valence-electron chi connectivity index (χ3n) is 4.06. The lowest BCUT2D eigenvalue weighted by Gasteiger charge is -2.16. The summed E-state index contributed by atoms with van der Waals surface area (Å²) in [4.78, 5) is 47.4. The van der Waals surface area contributed by atoms with Crippen molar-refractivity contribution in [1.29, 1.82) is 0 Å². The number of barbiturate groups is 1. The van der Waals surface area contributed by atoms with E-state index in [4.69, 9.17) is 21.1 Å². The summed E-state index contributed by atoms with van der Waals surface area (Å²) in [5.41, 5.74) is 0.830. The van der Waals surface area contributed by atoms with E-state index in [-0.39, 0.29) is 18.1 Å². The third kappa shape index (κ3) is 5.98. The minimum Gasteiger partial charge on any atom is -0.490 e. The lowest BCUT2D eigenvalue weighted by atomic mass is 10.1. The molecule has 1 aliphatic heterocycles. The van der Waals surface area contributed by atoms with Gasteiger partial charge in [-0.3, -0.25) is 25.0 Å². The highest BCUT2D eigenvalue weighted by molar-refractivity contribution is 14.1. The van der Waals surface area contributed by atoms with Gasteiger partial charge < -0.3 is 14.8 Å². The lowest BCUT2D eigenvalue weighted by Crippen LogP contribution is -2.51. The predicted molar refractivity (Wildman–Crippen MR) is 126 cm³/mol. The number of carbonyl (C=O) groups excluding carboxylic acids is 4. The average molecular weight is 570 g/mol. The number of urea groups is 1. The summed E-state index contributed by atoms with van der Waals surface area (Å²) in [5, 5.41) is 7.28. The van der Waals surface area contributed by atoms with Gasteiger partial charge in [-0.2, -0.15) is 0 Å². The Morgan fingerprint density at radius 1 is 1.09 bits per heavy atom. The molecule has 5 amide bonds. The Morgan fingerprint density at radius 2 is 1.75 bits per heavy atom. The van der Waals surface area contributed by atoms with Gasteiger partial charge in [0.05, 0.1) is 10.2 Å². The quantitative estimate of drug-likeness (QED) is 0.268. The number of rotatable bonds is 7. The number of imide groups is 2. The molecule has 0 bridgehead atoms. The highest BCUT2D eigenvalue weighted by Gasteiger charge is 2.28. The summed E-state index contributed by atoms with van der Waals surface area (Å²) in [5.74, 6) is -1.30. The first-order chi connectivity index (χ1) is 15.3. The molecular formula is C21H17ClIN3O6. The van der Waals surface area contributed by atoms with Crippen LogP contribution in [0.2, 0.25) is 5.02 Å². The largest absolute Gasteiger partial charge is 0.490 e. The monoisotopic (exact) mass is 569 g/mol. The van der Waals surface area contributed by atoms with Crippen LogP contribution >= 0.6 is 34.2 Å². The zero-order valence-corrected chi connectivity index (χ0v) is 19.6. The number of hydrogen-bond donors (Lipinski definition) is 3. The standard InChI is InChI=1S/C21H17ClIN3O6/c1-2-31-16-9-11(7-14-19(28)25-21(30)26-20(14)29)8-15(23)18(16)32-10-17(27)24-13-5-3-12(22)4-6-13/h3-9H,2,10H2,1H3,(H,24,27)(H2,25,26,28,29,30). The van der Waals surface area contributed by atoms with E-state index in [1.54, 1.807) is 43.3 Å². The Labute approximate surface area is 201 Å². The van der Waals surface area contributed by atoms with E-state index < -0.39 is 17.8 Å². The Morgan fingerprint density at radius 3 is 2.38 bits per heavy atom. The Bertz CT molecular complexity index is 1100. The number of anilines is 1. The van der Waals surface area contributed by atoms with Crippen LogP contribution in [-0.4, -0.2) is 37.0 Å². The zero-order valence-electron chi connectivity index (χ0n) is 16.7. The molecule has 0 aromatic heterocycles. The van der Waals surface area contributed by atoms with Crippen molar-refractivity contribution in [1.82, 2.24) is 10.6 Å². The molecule has 0 aliphatic carbocycles. The van der Waals surface area contributed by atoms with E-state index >= 15 is 0 Å². The average Bonchev–Trinajstić information content (AvgIpc) is 2.72. The minimum absolute atomic E-state index is 0.223. The maximum Gasteiger partial charge on any atom is 0.328 e. The van der Waals surface area contributed by atoms with Crippen molar-refractivity contribution in [2.45, 2.75) is 6.92 Å². The molecule has 1 aliphatic rings. The Hall–Kier alpha value is -3.12. The van der Waals surface area contributed by atoms with Gasteiger partial charge in [0, 0.05) is 10.7 Å². The van der Waals surface area contributed by atoms with Crippen molar-refractivity contribution in [3.8, 4) is 11.5 Å². The highest BCUT2D eigenvalue weighted by atomic mass is 127. The highest BCUT2D eigenvalue weighted by Crippen LogP contribution is 2.35. The minimum atomic E-state index is -0.873. The Balaban J connectivity index is 1.78. The van der Waals surface area contributed by atoms with Gasteiger partial charge in [-0.1, -0.05) is 11.6 Å². The van der Waals surface area contributed by atoms with E-state index in [0.717, 1.165) is 0 Å². The number of carbonyl (C=O) groups is 4. The molecule has 3 rings (SSSR count). The molecule has 0 spiro atoms. The van der Waals surface area contributed by atoms with Gasteiger partial charge >= 0.3 is 6.03 Å². The molecule has 1 heterocycles. The van der Waals surface area contributed by atoms with Gasteiger partial charge in [-0.25, -0.2) is 4.79 Å². The molecule has 0 saturated carbocycles. The molecule has 2 aromatic carbocycles. The summed E-state index contributed by atoms with van der Waals surface area (Å²) >= 11 is 7.83. The van der Waals surface area contributed by atoms with E-state index in [0.29, 0.717) is 37.9 Å². The smallest absolute Gasteiger partial charge is 0.328 e. The molecule has 0 unspecified atom stereocenters. The van der Waals surface area contributed by atoms with Crippen LogP contribution in [0.3, 0.4) is 0 Å². The molecule has 11 heteroatoms. The van der Waals surface area contributed by atoms with Gasteiger partial charge in [0.1, 0.15) is 5.57 Å². The Kier molecular flexibility index (Phi) is 7.70. The van der Waals surface area contributed by atoms with Crippen molar-refractivity contribution in [3.63, 3.8) is 0 Å². The van der Waals surface area contributed by atoms with Crippen LogP contribution in [0.1, 0.15) is 12.5 Å². The fourth-order valence-corrected chi connectivity index (χ4v) is 3.62. The van der Waals surface area contributed by atoms with Crippen molar-refractivity contribution in [2.75, 3.05) is 18.5 Å². The van der Waals surface area contributed by atoms with Crippen LogP contribution < -0.4 is 25.4 Å². The second-order valence-corrected chi connectivity index (χ2v) is 8.00. The number of hydrogen-bond acceptors (Lipinski definition) is 6. The molecule has 2 aromatic rings. The second-order valence-electron chi connectivity index (χ2n) is 6.40. The van der Waals surface area contributed by atoms with Crippen LogP contribution in [0, 0.1) is 3.57 Å². The van der Waals surface area contributed by atoms with Gasteiger partial charge in [0.15, 0.2) is 18.1 Å². The summed E-state index contributed by atoms with van der Waals surface area (Å²) in [6.07, 6.45) is 1.33. The molecule has 32 heavy (non-hydrogen) atoms. The molecule has 3 N–H and O–H groups in total. The molecule has 166 valence electrons. The number of benzene rings is 2. The molecule has 1 fully saturated rings. The zero-order chi connectivity index (χ0) is 23.3. The number of halogens is 2. The lowest BCUT2D eigenvalue weighted by molar-refractivity contribution is -0.124. The van der Waals surface area contributed by atoms with Gasteiger partial charge in [0.25, 0.3) is 17.7 Å². The second kappa shape index (κ2) is 10.5. The van der Waals surface area contributed by atoms with Crippen LogP contribution in [0.15, 0.2) is 42.0 Å². The summed E-state index contributed by atoms with van der Waals surface area (Å²) in [6.45, 7) is 1.83. The van der Waals surface area contributed by atoms with E-state index in [9.17, 15) is 19.2 Å². The van der Waals surface area contributed by atoms with Crippen LogP contribution in [0.4, 0.5) is 10.5 Å². The molecule has 1 saturated heterocycles. The van der Waals surface area contributed by atoms with E-state index in [1.165, 1.54) is 6.08 Å². The summed E-state index contributed by atoms with van der Waals surface area (Å²) < 4.78 is 11.9. The van der Waals surface area contributed by atoms with Crippen molar-refractivity contribution >= 4 is 69.7 Å². The van der Waals surface area contributed by atoms with Crippen LogP contribution in [0.5, 0.6) is 11.5 Å². The first-order valence-corrected chi connectivity index (χ1v) is 10.8. The van der Waals surface area contributed by atoms with Gasteiger partial charge in [-0.05, 0) is 77.6 Å². The summed E-state index contributed by atoms with van der Waals surface area (Å²) in [6, 6.07) is 9.00. The normalized spacial score (nSPS) is 13.2. The maximum absolute atomic E-state index is 12.2. The molecule has 9 nitrogen and oxygen atoms in total. The van der Waals surface area contributed by atoms with E-state index in [2.05, 4.69) is 5.32 Å². The first kappa shape index (κ1) is 23.5. The van der Waals surface area contributed by atoms with Crippen molar-refractivity contribution < 1.29 is 28.7 Å². The SMILES string of the molecule is CCOc1cc(C=C2C(=O)NC(=O)NC2=O)cc(I)c1OCC(=O)Nc1ccc(Cl)cc1. The molecule has 0 radical (unpaired) electrons. The van der Waals surface area contributed by atoms with Crippen molar-refractivity contribution in [2.24, 2.45) is 0 Å². The first-order valence-electron chi connectivity index (χ1n) is 9.29. The molecule has 0 atom stereocenters. The molecular weight excluding hydrogens is 553 g/mol. The van der Waals surface area contributed by atoms with E-state index in [1.807, 2.05) is 33.2 Å². The number of nitrogens with one attached hydrogen (secondary N) is 3. The number of amides is 5.